The van der Waals surface area contributed by atoms with Gasteiger partial charge in [0.15, 0.2) is 6.61 Å². The zero-order valence-electron chi connectivity index (χ0n) is 15.4. The molecule has 0 spiro atoms. The fraction of sp³-hybridized carbons (Fsp3) is 0.667. The van der Waals surface area contributed by atoms with E-state index in [4.69, 9.17) is 9.47 Å². The molecular formula is C21H28O3S. The third-order valence-electron chi connectivity index (χ3n) is 6.87. The van der Waals surface area contributed by atoms with Gasteiger partial charge in [0.1, 0.15) is 11.4 Å². The molecule has 5 rings (SSSR count). The number of carbonyl (C=O) groups excluding carboxylic acids is 1. The van der Waals surface area contributed by atoms with Crippen molar-refractivity contribution in [3.05, 3.63) is 23.3 Å². The van der Waals surface area contributed by atoms with Gasteiger partial charge in [0.25, 0.3) is 0 Å². The molecule has 4 aliphatic carbocycles. The van der Waals surface area contributed by atoms with Crippen LogP contribution in [0.15, 0.2) is 17.0 Å². The van der Waals surface area contributed by atoms with Gasteiger partial charge < -0.3 is 9.47 Å². The monoisotopic (exact) mass is 360 g/mol. The number of hydrogen-bond donors (Lipinski definition) is 1. The number of benzene rings is 1. The van der Waals surface area contributed by atoms with Crippen LogP contribution in [0.2, 0.25) is 0 Å². The Morgan fingerprint density at radius 1 is 1.08 bits per heavy atom. The van der Waals surface area contributed by atoms with Gasteiger partial charge in [-0.1, -0.05) is 0 Å². The first-order valence-electron chi connectivity index (χ1n) is 9.50. The van der Waals surface area contributed by atoms with Gasteiger partial charge in [-0.25, -0.2) is 4.79 Å². The summed E-state index contributed by atoms with van der Waals surface area (Å²) in [5.74, 6) is 3.36. The molecule has 4 fully saturated rings. The molecule has 25 heavy (non-hydrogen) atoms. The molecule has 3 nitrogen and oxygen atoms in total. The highest BCUT2D eigenvalue weighted by Gasteiger charge is 2.57. The number of rotatable bonds is 4. The quantitative estimate of drug-likeness (QED) is 0.623. The van der Waals surface area contributed by atoms with Gasteiger partial charge in [-0.15, -0.1) is 12.6 Å². The molecule has 136 valence electrons. The molecule has 0 atom stereocenters. The van der Waals surface area contributed by atoms with Crippen LogP contribution < -0.4 is 4.74 Å². The largest absolute Gasteiger partial charge is 0.481 e. The lowest BCUT2D eigenvalue weighted by Gasteiger charge is -2.59. The van der Waals surface area contributed by atoms with Crippen molar-refractivity contribution in [3.63, 3.8) is 0 Å². The molecule has 0 saturated heterocycles. The average Bonchev–Trinajstić information content (AvgIpc) is 2.51. The van der Waals surface area contributed by atoms with Gasteiger partial charge in [0.2, 0.25) is 0 Å². The highest BCUT2D eigenvalue weighted by Crippen LogP contribution is 2.59. The normalized spacial score (nSPS) is 35.7. The molecule has 0 aliphatic heterocycles. The fourth-order valence-electron chi connectivity index (χ4n) is 5.85. The van der Waals surface area contributed by atoms with Gasteiger partial charge in [0, 0.05) is 4.90 Å². The van der Waals surface area contributed by atoms with E-state index in [0.717, 1.165) is 33.6 Å². The SMILES string of the molecule is Cc1cc(S)cc(C)c1OCC(=O)OC1(C)C2CC3CC(C2)CC1C3. The second kappa shape index (κ2) is 6.22. The van der Waals surface area contributed by atoms with Gasteiger partial charge in [-0.2, -0.15) is 0 Å². The van der Waals surface area contributed by atoms with Crippen LogP contribution in [0, 0.1) is 37.5 Å². The van der Waals surface area contributed by atoms with Crippen molar-refractivity contribution >= 4 is 18.6 Å². The van der Waals surface area contributed by atoms with Crippen molar-refractivity contribution in [2.45, 2.75) is 63.4 Å². The third-order valence-corrected chi connectivity index (χ3v) is 7.13. The Morgan fingerprint density at radius 3 is 2.12 bits per heavy atom. The second-order valence-corrected chi connectivity index (χ2v) is 9.18. The lowest BCUT2D eigenvalue weighted by atomic mass is 9.50. The molecule has 1 aromatic carbocycles. The fourth-order valence-corrected chi connectivity index (χ4v) is 6.23. The first-order chi connectivity index (χ1) is 11.8. The standard InChI is InChI=1S/C21H28O3S/c1-12-4-18(25)5-13(2)20(12)23-11-19(22)24-21(3)16-7-14-6-15(9-16)10-17(21)8-14/h4-5,14-17,25H,6-11H2,1-3H3. The number of carbonyl (C=O) groups is 1. The van der Waals surface area contributed by atoms with Crippen LogP contribution in [0.5, 0.6) is 5.75 Å². The van der Waals surface area contributed by atoms with Crippen molar-refractivity contribution in [2.24, 2.45) is 23.7 Å². The van der Waals surface area contributed by atoms with Crippen LogP contribution in [-0.2, 0) is 9.53 Å². The van der Waals surface area contributed by atoms with E-state index in [1.807, 2.05) is 26.0 Å². The minimum atomic E-state index is -0.285. The highest BCUT2D eigenvalue weighted by atomic mass is 32.1. The number of ether oxygens (including phenoxy) is 2. The highest BCUT2D eigenvalue weighted by molar-refractivity contribution is 7.80. The third kappa shape index (κ3) is 3.07. The Bertz CT molecular complexity index is 645. The molecular weight excluding hydrogens is 332 g/mol. The van der Waals surface area contributed by atoms with Crippen LogP contribution in [-0.4, -0.2) is 18.2 Å². The minimum absolute atomic E-state index is 0.0184. The van der Waals surface area contributed by atoms with Crippen LogP contribution in [0.3, 0.4) is 0 Å². The van der Waals surface area contributed by atoms with Crippen molar-refractivity contribution in [1.29, 1.82) is 0 Å². The van der Waals surface area contributed by atoms with E-state index in [9.17, 15) is 4.79 Å². The molecule has 0 heterocycles. The molecule has 4 saturated carbocycles. The van der Waals surface area contributed by atoms with E-state index in [0.29, 0.717) is 11.8 Å². The van der Waals surface area contributed by atoms with E-state index in [1.54, 1.807) is 0 Å². The predicted octanol–water partition coefficient (Wildman–Crippen LogP) is 4.73. The maximum atomic E-state index is 12.5. The lowest BCUT2D eigenvalue weighted by molar-refractivity contribution is -0.204. The summed E-state index contributed by atoms with van der Waals surface area (Å²) < 4.78 is 11.9. The summed E-state index contributed by atoms with van der Waals surface area (Å²) in [6.45, 7) is 6.11. The summed E-state index contributed by atoms with van der Waals surface area (Å²) in [4.78, 5) is 13.4. The van der Waals surface area contributed by atoms with Crippen molar-refractivity contribution in [1.82, 2.24) is 0 Å². The maximum absolute atomic E-state index is 12.5. The molecule has 0 unspecified atom stereocenters. The topological polar surface area (TPSA) is 35.5 Å². The lowest BCUT2D eigenvalue weighted by Crippen LogP contribution is -2.58. The van der Waals surface area contributed by atoms with Crippen molar-refractivity contribution in [2.75, 3.05) is 6.61 Å². The Balaban J connectivity index is 1.41. The van der Waals surface area contributed by atoms with Crippen LogP contribution in [0.25, 0.3) is 0 Å². The van der Waals surface area contributed by atoms with Gasteiger partial charge in [-0.3, -0.25) is 0 Å². The molecule has 0 amide bonds. The summed E-state index contributed by atoms with van der Waals surface area (Å²) in [5.41, 5.74) is 1.71. The van der Waals surface area contributed by atoms with Crippen molar-refractivity contribution < 1.29 is 14.3 Å². The van der Waals surface area contributed by atoms with E-state index in [-0.39, 0.29) is 18.2 Å². The number of aryl methyl sites for hydroxylation is 2. The van der Waals surface area contributed by atoms with E-state index in [1.165, 1.54) is 32.1 Å². The summed E-state index contributed by atoms with van der Waals surface area (Å²) in [7, 11) is 0. The Hall–Kier alpha value is -1.16. The molecule has 0 aromatic heterocycles. The second-order valence-electron chi connectivity index (χ2n) is 8.66. The van der Waals surface area contributed by atoms with Gasteiger partial charge in [-0.05, 0) is 99.8 Å². The first kappa shape index (κ1) is 17.3. The summed E-state index contributed by atoms with van der Waals surface area (Å²) in [5, 5.41) is 0. The Labute approximate surface area is 155 Å². The summed E-state index contributed by atoms with van der Waals surface area (Å²) in [6, 6.07) is 3.91. The smallest absolute Gasteiger partial charge is 0.344 e. The van der Waals surface area contributed by atoms with E-state index >= 15 is 0 Å². The minimum Gasteiger partial charge on any atom is -0.481 e. The molecule has 4 heteroatoms. The van der Waals surface area contributed by atoms with Crippen LogP contribution in [0.4, 0.5) is 0 Å². The predicted molar refractivity (Wildman–Crippen MR) is 100 cm³/mol. The number of thiol groups is 1. The molecule has 0 radical (unpaired) electrons. The Kier molecular flexibility index (Phi) is 4.30. The number of hydrogen-bond acceptors (Lipinski definition) is 4. The summed E-state index contributed by atoms with van der Waals surface area (Å²) in [6.07, 6.45) is 6.34. The first-order valence-corrected chi connectivity index (χ1v) is 9.94. The van der Waals surface area contributed by atoms with Crippen LogP contribution >= 0.6 is 12.6 Å². The maximum Gasteiger partial charge on any atom is 0.344 e. The zero-order valence-corrected chi connectivity index (χ0v) is 16.3. The van der Waals surface area contributed by atoms with Crippen LogP contribution in [0.1, 0.15) is 50.2 Å². The Morgan fingerprint density at radius 2 is 1.60 bits per heavy atom. The molecule has 1 aromatic rings. The summed E-state index contributed by atoms with van der Waals surface area (Å²) >= 11 is 4.38. The zero-order chi connectivity index (χ0) is 17.8. The molecule has 4 bridgehead atoms. The number of esters is 1. The van der Waals surface area contributed by atoms with Gasteiger partial charge >= 0.3 is 5.97 Å². The van der Waals surface area contributed by atoms with E-state index < -0.39 is 0 Å². The van der Waals surface area contributed by atoms with E-state index in [2.05, 4.69) is 19.6 Å². The molecule has 0 N–H and O–H groups in total. The average molecular weight is 361 g/mol. The van der Waals surface area contributed by atoms with Gasteiger partial charge in [0.05, 0.1) is 0 Å². The molecule has 4 aliphatic rings. The van der Waals surface area contributed by atoms with Crippen molar-refractivity contribution in [3.8, 4) is 5.75 Å².